The molecule has 1 N–H and O–H groups in total. The van der Waals surface area contributed by atoms with Crippen LogP contribution < -0.4 is 5.32 Å². The Morgan fingerprint density at radius 3 is 2.04 bits per heavy atom. The van der Waals surface area contributed by atoms with Gasteiger partial charge in [0.15, 0.2) is 0 Å². The fraction of sp³-hybridized carbons (Fsp3) is 0.231. The van der Waals surface area contributed by atoms with Gasteiger partial charge in [-0.2, -0.15) is 0 Å². The Hall–Kier alpha value is -2.80. The predicted molar refractivity (Wildman–Crippen MR) is 116 cm³/mol. The Kier molecular flexibility index (Phi) is 5.11. The monoisotopic (exact) mass is 353 g/mol. The number of anilines is 1. The number of rotatable bonds is 4. The van der Waals surface area contributed by atoms with Crippen LogP contribution in [0.3, 0.4) is 0 Å². The lowest BCUT2D eigenvalue weighted by atomic mass is 9.83. The quantitative estimate of drug-likeness (QED) is 0.636. The largest absolute Gasteiger partial charge is 0.356 e. The summed E-state index contributed by atoms with van der Waals surface area (Å²) in [6.45, 7) is 4.56. The van der Waals surface area contributed by atoms with Crippen LogP contribution in [0.15, 0.2) is 103 Å². The summed E-state index contributed by atoms with van der Waals surface area (Å²) in [5, 5.41) is 3.57. The third-order valence-electron chi connectivity index (χ3n) is 5.67. The van der Waals surface area contributed by atoms with E-state index in [0.29, 0.717) is 23.7 Å². The van der Waals surface area contributed by atoms with Crippen molar-refractivity contribution in [2.24, 2.45) is 11.8 Å². The van der Waals surface area contributed by atoms with Gasteiger partial charge in [-0.3, -0.25) is 0 Å². The first-order valence-electron chi connectivity index (χ1n) is 9.87. The molecule has 0 saturated carbocycles. The van der Waals surface area contributed by atoms with E-state index in [4.69, 9.17) is 0 Å². The van der Waals surface area contributed by atoms with Crippen molar-refractivity contribution < 1.29 is 0 Å². The van der Waals surface area contributed by atoms with Gasteiger partial charge in [0.1, 0.15) is 0 Å². The summed E-state index contributed by atoms with van der Waals surface area (Å²) in [7, 11) is 0. The molecular formula is C26H27N. The first-order chi connectivity index (χ1) is 13.2. The van der Waals surface area contributed by atoms with Crippen molar-refractivity contribution in [3.8, 4) is 0 Å². The average Bonchev–Trinajstić information content (AvgIpc) is 2.70. The first-order valence-corrected chi connectivity index (χ1v) is 9.87. The van der Waals surface area contributed by atoms with Crippen molar-refractivity contribution in [2.75, 3.05) is 5.32 Å². The number of hydrogen-bond acceptors (Lipinski definition) is 1. The highest BCUT2D eigenvalue weighted by Crippen LogP contribution is 2.33. The molecule has 0 amide bonds. The molecule has 1 heteroatoms. The van der Waals surface area contributed by atoms with Crippen molar-refractivity contribution in [3.05, 3.63) is 114 Å². The van der Waals surface area contributed by atoms with E-state index in [-0.39, 0.29) is 0 Å². The highest BCUT2D eigenvalue weighted by Gasteiger charge is 2.19. The molecule has 0 aliphatic heterocycles. The summed E-state index contributed by atoms with van der Waals surface area (Å²) < 4.78 is 0. The molecule has 0 spiro atoms. The highest BCUT2D eigenvalue weighted by atomic mass is 14.9. The second-order valence-corrected chi connectivity index (χ2v) is 7.68. The van der Waals surface area contributed by atoms with E-state index in [1.54, 1.807) is 0 Å². The van der Waals surface area contributed by atoms with Gasteiger partial charge in [-0.25, -0.2) is 0 Å². The van der Waals surface area contributed by atoms with E-state index in [0.717, 1.165) is 5.69 Å². The van der Waals surface area contributed by atoms with Gasteiger partial charge >= 0.3 is 0 Å². The zero-order valence-electron chi connectivity index (χ0n) is 16.0. The van der Waals surface area contributed by atoms with Crippen LogP contribution in [0.2, 0.25) is 0 Å². The molecule has 2 aromatic rings. The molecule has 2 aliphatic rings. The summed E-state index contributed by atoms with van der Waals surface area (Å²) in [6.07, 6.45) is 15.7. The fourth-order valence-corrected chi connectivity index (χ4v) is 4.09. The normalized spacial score (nSPS) is 26.7. The maximum atomic E-state index is 3.57. The zero-order chi connectivity index (χ0) is 18.6. The standard InChI is InChI=1S/C26H27N/c1-19-8-6-7-11-25(19)22-12-14-23(15-13-22)27-24-16-17-26(20(2)18-24)21-9-4-3-5-10-21/h3-20,25-27H,1-2H3. The highest BCUT2D eigenvalue weighted by molar-refractivity contribution is 5.53. The Labute approximate surface area is 162 Å². The fourth-order valence-electron chi connectivity index (χ4n) is 4.09. The maximum Gasteiger partial charge on any atom is 0.0384 e. The van der Waals surface area contributed by atoms with Gasteiger partial charge in [0, 0.05) is 23.2 Å². The van der Waals surface area contributed by atoms with E-state index >= 15 is 0 Å². The van der Waals surface area contributed by atoms with Crippen LogP contribution in [-0.4, -0.2) is 0 Å². The third-order valence-corrected chi connectivity index (χ3v) is 5.67. The molecular weight excluding hydrogens is 326 g/mol. The van der Waals surface area contributed by atoms with Gasteiger partial charge in [-0.1, -0.05) is 92.8 Å². The molecule has 4 rings (SSSR count). The lowest BCUT2D eigenvalue weighted by Gasteiger charge is -2.24. The van der Waals surface area contributed by atoms with E-state index in [2.05, 4.69) is 116 Å². The molecule has 2 aliphatic carbocycles. The molecule has 27 heavy (non-hydrogen) atoms. The summed E-state index contributed by atoms with van der Waals surface area (Å²) in [5.41, 5.74) is 5.07. The predicted octanol–water partition coefficient (Wildman–Crippen LogP) is 6.82. The number of nitrogens with one attached hydrogen (secondary N) is 1. The first kappa shape index (κ1) is 17.6. The van der Waals surface area contributed by atoms with E-state index in [1.165, 1.54) is 16.8 Å². The Balaban J connectivity index is 1.43. The summed E-state index contributed by atoms with van der Waals surface area (Å²) >= 11 is 0. The van der Waals surface area contributed by atoms with Crippen LogP contribution in [0.25, 0.3) is 0 Å². The topological polar surface area (TPSA) is 12.0 Å². The second-order valence-electron chi connectivity index (χ2n) is 7.68. The molecule has 2 aromatic carbocycles. The summed E-state index contributed by atoms with van der Waals surface area (Å²) in [5.74, 6) is 1.95. The molecule has 1 nitrogen and oxygen atoms in total. The van der Waals surface area contributed by atoms with Gasteiger partial charge < -0.3 is 5.32 Å². The molecule has 4 atom stereocenters. The third kappa shape index (κ3) is 3.98. The van der Waals surface area contributed by atoms with Crippen LogP contribution in [0.4, 0.5) is 5.69 Å². The second kappa shape index (κ2) is 7.84. The smallest absolute Gasteiger partial charge is 0.0384 e. The Bertz CT molecular complexity index is 884. The Morgan fingerprint density at radius 1 is 0.667 bits per heavy atom. The van der Waals surface area contributed by atoms with Crippen LogP contribution in [0.5, 0.6) is 0 Å². The summed E-state index contributed by atoms with van der Waals surface area (Å²) in [6, 6.07) is 19.6. The van der Waals surface area contributed by atoms with E-state index in [9.17, 15) is 0 Å². The molecule has 0 saturated heterocycles. The van der Waals surface area contributed by atoms with Crippen molar-refractivity contribution in [3.63, 3.8) is 0 Å². The Morgan fingerprint density at radius 2 is 1.33 bits per heavy atom. The van der Waals surface area contributed by atoms with Crippen molar-refractivity contribution >= 4 is 5.69 Å². The number of benzene rings is 2. The lowest BCUT2D eigenvalue weighted by Crippen LogP contribution is -2.12. The minimum absolute atomic E-state index is 0.451. The van der Waals surface area contributed by atoms with Crippen molar-refractivity contribution in [1.29, 1.82) is 0 Å². The average molecular weight is 354 g/mol. The maximum absolute atomic E-state index is 3.57. The van der Waals surface area contributed by atoms with Crippen LogP contribution in [0, 0.1) is 11.8 Å². The summed E-state index contributed by atoms with van der Waals surface area (Å²) in [4.78, 5) is 0. The van der Waals surface area contributed by atoms with Crippen LogP contribution in [-0.2, 0) is 0 Å². The van der Waals surface area contributed by atoms with Crippen LogP contribution >= 0.6 is 0 Å². The molecule has 0 heterocycles. The van der Waals surface area contributed by atoms with Crippen LogP contribution in [0.1, 0.15) is 36.8 Å². The molecule has 0 fully saturated rings. The van der Waals surface area contributed by atoms with Gasteiger partial charge in [0.2, 0.25) is 0 Å². The SMILES string of the molecule is CC1C=C(Nc2ccc(C3C=CC=CC3C)cc2)C=CC1c1ccccc1. The van der Waals surface area contributed by atoms with E-state index < -0.39 is 0 Å². The lowest BCUT2D eigenvalue weighted by molar-refractivity contribution is 0.630. The molecule has 4 unspecified atom stereocenters. The molecule has 136 valence electrons. The number of hydrogen-bond donors (Lipinski definition) is 1. The van der Waals surface area contributed by atoms with Crippen molar-refractivity contribution in [1.82, 2.24) is 0 Å². The minimum atomic E-state index is 0.451. The minimum Gasteiger partial charge on any atom is -0.356 e. The van der Waals surface area contributed by atoms with E-state index in [1.807, 2.05) is 0 Å². The molecule has 0 bridgehead atoms. The van der Waals surface area contributed by atoms with Gasteiger partial charge in [0.25, 0.3) is 0 Å². The van der Waals surface area contributed by atoms with Gasteiger partial charge in [-0.15, -0.1) is 0 Å². The molecule has 0 aromatic heterocycles. The molecule has 0 radical (unpaired) electrons. The zero-order valence-corrected chi connectivity index (χ0v) is 16.0. The van der Waals surface area contributed by atoms with Crippen molar-refractivity contribution in [2.45, 2.75) is 25.7 Å². The number of allylic oxidation sites excluding steroid dienone is 7. The van der Waals surface area contributed by atoms with Gasteiger partial charge in [-0.05, 0) is 41.2 Å². The van der Waals surface area contributed by atoms with Gasteiger partial charge in [0.05, 0.1) is 0 Å².